The first-order chi connectivity index (χ1) is 6.79. The lowest BCUT2D eigenvalue weighted by molar-refractivity contribution is 0.303. The third-order valence-corrected chi connectivity index (χ3v) is 2.40. The topological polar surface area (TPSA) is 71.4 Å². The number of likely N-dealkylation sites (N-methyl/N-ethyl adjacent to an activating group) is 1. The Morgan fingerprint density at radius 3 is 2.57 bits per heavy atom. The molecule has 0 amide bonds. The molecule has 0 saturated carbocycles. The molecule has 1 fully saturated rings. The molecule has 1 aliphatic rings. The van der Waals surface area contributed by atoms with E-state index in [0.29, 0.717) is 18.5 Å². The van der Waals surface area contributed by atoms with E-state index in [1.165, 1.54) is 0 Å². The Bertz CT molecular complexity index is 292. The van der Waals surface area contributed by atoms with Crippen LogP contribution in [0.5, 0.6) is 0 Å². The molecule has 1 aromatic rings. The summed E-state index contributed by atoms with van der Waals surface area (Å²) in [7, 11) is 2.11. The van der Waals surface area contributed by atoms with Gasteiger partial charge < -0.3 is 20.0 Å². The molecule has 1 saturated heterocycles. The van der Waals surface area contributed by atoms with Crippen molar-refractivity contribution in [3.63, 3.8) is 0 Å². The zero-order chi connectivity index (χ0) is 9.97. The molecule has 2 heterocycles. The summed E-state index contributed by atoms with van der Waals surface area (Å²) in [6.45, 7) is 4.23. The zero-order valence-corrected chi connectivity index (χ0v) is 8.31. The molecule has 0 unspecified atom stereocenters. The fourth-order valence-electron chi connectivity index (χ4n) is 1.45. The van der Waals surface area contributed by atoms with Crippen LogP contribution in [0, 0.1) is 0 Å². The quantitative estimate of drug-likeness (QED) is 0.674. The number of piperazine rings is 1. The summed E-state index contributed by atoms with van der Waals surface area (Å²) in [5.74, 6) is 0.499. The average Bonchev–Trinajstić information content (AvgIpc) is 2.67. The van der Waals surface area contributed by atoms with Crippen LogP contribution < -0.4 is 10.6 Å². The monoisotopic (exact) mass is 197 g/mol. The Morgan fingerprint density at radius 1 is 1.29 bits per heavy atom. The number of aromatic nitrogens is 2. The van der Waals surface area contributed by atoms with Gasteiger partial charge in [-0.05, 0) is 7.05 Å². The summed E-state index contributed by atoms with van der Waals surface area (Å²) in [4.78, 5) is 4.36. The molecule has 0 aromatic carbocycles. The highest BCUT2D eigenvalue weighted by Gasteiger charge is 2.18. The van der Waals surface area contributed by atoms with Gasteiger partial charge in [0.05, 0.1) is 6.54 Å². The van der Waals surface area contributed by atoms with Crippen molar-refractivity contribution in [3.8, 4) is 0 Å². The Labute approximate surface area is 82.7 Å². The van der Waals surface area contributed by atoms with Crippen molar-refractivity contribution in [1.82, 2.24) is 15.1 Å². The van der Waals surface area contributed by atoms with Crippen LogP contribution >= 0.6 is 0 Å². The van der Waals surface area contributed by atoms with E-state index in [4.69, 9.17) is 10.2 Å². The highest BCUT2D eigenvalue weighted by Crippen LogP contribution is 2.13. The molecule has 1 aliphatic heterocycles. The number of hydrogen-bond donors (Lipinski definition) is 1. The van der Waals surface area contributed by atoms with Gasteiger partial charge in [-0.3, -0.25) is 0 Å². The number of nitrogens with zero attached hydrogens (tertiary/aromatic N) is 4. The van der Waals surface area contributed by atoms with Gasteiger partial charge in [0.15, 0.2) is 0 Å². The van der Waals surface area contributed by atoms with Gasteiger partial charge in [0.25, 0.3) is 0 Å². The van der Waals surface area contributed by atoms with Gasteiger partial charge in [0.2, 0.25) is 5.89 Å². The van der Waals surface area contributed by atoms with Gasteiger partial charge >= 0.3 is 6.01 Å². The summed E-state index contributed by atoms with van der Waals surface area (Å²) in [5.41, 5.74) is 5.39. The molecule has 2 N–H and O–H groups in total. The molecule has 0 bridgehead atoms. The third-order valence-electron chi connectivity index (χ3n) is 2.40. The second-order valence-electron chi connectivity index (χ2n) is 3.47. The lowest BCUT2D eigenvalue weighted by Gasteiger charge is -2.30. The standard InChI is InChI=1S/C8H15N5O/c1-12-2-4-13(5-3-12)8-11-10-7(6-9)14-8/h2-6,9H2,1H3. The van der Waals surface area contributed by atoms with Gasteiger partial charge in [-0.25, -0.2) is 0 Å². The van der Waals surface area contributed by atoms with E-state index in [0.717, 1.165) is 26.2 Å². The van der Waals surface area contributed by atoms with Gasteiger partial charge in [-0.1, -0.05) is 5.10 Å². The number of rotatable bonds is 2. The van der Waals surface area contributed by atoms with Crippen LogP contribution in [0.25, 0.3) is 0 Å². The van der Waals surface area contributed by atoms with E-state index < -0.39 is 0 Å². The second kappa shape index (κ2) is 3.93. The van der Waals surface area contributed by atoms with Gasteiger partial charge in [0.1, 0.15) is 0 Å². The molecule has 0 atom stereocenters. The smallest absolute Gasteiger partial charge is 0.318 e. The summed E-state index contributed by atoms with van der Waals surface area (Å²) in [6.07, 6.45) is 0. The van der Waals surface area contributed by atoms with E-state index in [1.807, 2.05) is 0 Å². The van der Waals surface area contributed by atoms with E-state index in [2.05, 4.69) is 27.0 Å². The summed E-state index contributed by atoms with van der Waals surface area (Å²) >= 11 is 0. The second-order valence-corrected chi connectivity index (χ2v) is 3.47. The van der Waals surface area contributed by atoms with Crippen molar-refractivity contribution in [2.24, 2.45) is 5.73 Å². The van der Waals surface area contributed by atoms with Crippen LogP contribution in [0.4, 0.5) is 6.01 Å². The van der Waals surface area contributed by atoms with Crippen molar-refractivity contribution in [2.75, 3.05) is 38.1 Å². The Kier molecular flexibility index (Phi) is 2.64. The van der Waals surface area contributed by atoms with E-state index in [9.17, 15) is 0 Å². The molecule has 0 aliphatic carbocycles. The van der Waals surface area contributed by atoms with E-state index in [-0.39, 0.29) is 0 Å². The van der Waals surface area contributed by atoms with Crippen molar-refractivity contribution in [3.05, 3.63) is 5.89 Å². The Hall–Kier alpha value is -1.14. The minimum Gasteiger partial charge on any atom is -0.407 e. The Morgan fingerprint density at radius 2 is 2.00 bits per heavy atom. The molecule has 14 heavy (non-hydrogen) atoms. The summed E-state index contributed by atoms with van der Waals surface area (Å²) < 4.78 is 5.37. The highest BCUT2D eigenvalue weighted by molar-refractivity contribution is 5.24. The maximum atomic E-state index is 5.39. The lowest BCUT2D eigenvalue weighted by Crippen LogP contribution is -2.44. The van der Waals surface area contributed by atoms with Crippen LogP contribution in [0.2, 0.25) is 0 Å². The molecular formula is C8H15N5O. The zero-order valence-electron chi connectivity index (χ0n) is 8.31. The highest BCUT2D eigenvalue weighted by atomic mass is 16.4. The predicted molar refractivity (Wildman–Crippen MR) is 51.9 cm³/mol. The normalized spacial score (nSPS) is 18.9. The first-order valence-electron chi connectivity index (χ1n) is 4.75. The average molecular weight is 197 g/mol. The van der Waals surface area contributed by atoms with Gasteiger partial charge in [-0.15, -0.1) is 5.10 Å². The maximum absolute atomic E-state index is 5.39. The van der Waals surface area contributed by atoms with E-state index in [1.54, 1.807) is 0 Å². The summed E-state index contributed by atoms with van der Waals surface area (Å²) in [5, 5.41) is 7.78. The molecule has 1 aromatic heterocycles. The van der Waals surface area contributed by atoms with E-state index >= 15 is 0 Å². The fraction of sp³-hybridized carbons (Fsp3) is 0.750. The predicted octanol–water partition coefficient (Wildman–Crippen LogP) is -0.720. The van der Waals surface area contributed by atoms with Crippen molar-refractivity contribution >= 4 is 6.01 Å². The number of anilines is 1. The molecule has 6 heteroatoms. The molecule has 0 spiro atoms. The van der Waals surface area contributed by atoms with Crippen LogP contribution in [0.3, 0.4) is 0 Å². The van der Waals surface area contributed by atoms with Crippen LogP contribution in [-0.2, 0) is 6.54 Å². The number of hydrogen-bond acceptors (Lipinski definition) is 6. The van der Waals surface area contributed by atoms with Crippen molar-refractivity contribution < 1.29 is 4.42 Å². The van der Waals surface area contributed by atoms with Crippen molar-refractivity contribution in [1.29, 1.82) is 0 Å². The Balaban J connectivity index is 2.01. The first-order valence-corrected chi connectivity index (χ1v) is 4.75. The molecule has 0 radical (unpaired) electrons. The van der Waals surface area contributed by atoms with Crippen LogP contribution in [0.1, 0.15) is 5.89 Å². The third kappa shape index (κ3) is 1.85. The van der Waals surface area contributed by atoms with Crippen LogP contribution in [-0.4, -0.2) is 48.3 Å². The minimum atomic E-state index is 0.306. The molecule has 2 rings (SSSR count). The first kappa shape index (κ1) is 9.42. The lowest BCUT2D eigenvalue weighted by atomic mass is 10.3. The van der Waals surface area contributed by atoms with Crippen LogP contribution in [0.15, 0.2) is 4.42 Å². The SMILES string of the molecule is CN1CCN(c2nnc(CN)o2)CC1. The van der Waals surface area contributed by atoms with Gasteiger partial charge in [-0.2, -0.15) is 0 Å². The fourth-order valence-corrected chi connectivity index (χ4v) is 1.45. The molecule has 78 valence electrons. The van der Waals surface area contributed by atoms with Gasteiger partial charge in [0, 0.05) is 26.2 Å². The van der Waals surface area contributed by atoms with Crippen molar-refractivity contribution in [2.45, 2.75) is 6.54 Å². The minimum absolute atomic E-state index is 0.306. The maximum Gasteiger partial charge on any atom is 0.318 e. The largest absolute Gasteiger partial charge is 0.407 e. The summed E-state index contributed by atoms with van der Waals surface area (Å²) in [6, 6.07) is 0.596. The molecule has 6 nitrogen and oxygen atoms in total. The number of nitrogens with two attached hydrogens (primary N) is 1. The molecular weight excluding hydrogens is 182 g/mol.